The number of amides is 2. The number of halogens is 2. The molecule has 0 saturated carbocycles. The molecule has 0 aliphatic carbocycles. The van der Waals surface area contributed by atoms with E-state index in [9.17, 15) is 18.4 Å². The summed E-state index contributed by atoms with van der Waals surface area (Å²) in [5.41, 5.74) is 2.09. The molecule has 0 fully saturated rings. The summed E-state index contributed by atoms with van der Waals surface area (Å²) in [7, 11) is 0. The van der Waals surface area contributed by atoms with Gasteiger partial charge in [-0.3, -0.25) is 14.6 Å². The van der Waals surface area contributed by atoms with Crippen LogP contribution in [0.25, 0.3) is 0 Å². The Morgan fingerprint density at radius 2 is 1.59 bits per heavy atom. The lowest BCUT2D eigenvalue weighted by atomic mass is 10.1. The van der Waals surface area contributed by atoms with Crippen LogP contribution < -0.4 is 10.6 Å². The van der Waals surface area contributed by atoms with E-state index in [1.807, 2.05) is 32.0 Å². The Hall–Kier alpha value is -3.61. The van der Waals surface area contributed by atoms with Gasteiger partial charge in [-0.2, -0.15) is 0 Å². The Labute approximate surface area is 166 Å². The van der Waals surface area contributed by atoms with E-state index in [2.05, 4.69) is 15.6 Å². The molecule has 0 radical (unpaired) electrons. The molecule has 0 bridgehead atoms. The van der Waals surface area contributed by atoms with E-state index in [0.29, 0.717) is 5.69 Å². The van der Waals surface area contributed by atoms with Gasteiger partial charge in [0.05, 0.1) is 0 Å². The molecular weight excluding hydrogens is 376 g/mol. The highest BCUT2D eigenvalue weighted by molar-refractivity contribution is 6.08. The third-order valence-electron chi connectivity index (χ3n) is 4.43. The van der Waals surface area contributed by atoms with Crippen molar-refractivity contribution in [3.8, 4) is 0 Å². The Kier molecular flexibility index (Phi) is 5.97. The van der Waals surface area contributed by atoms with E-state index < -0.39 is 29.1 Å². The first-order chi connectivity index (χ1) is 13.9. The molecule has 0 unspecified atom stereocenters. The van der Waals surface area contributed by atoms with Crippen LogP contribution in [0.2, 0.25) is 0 Å². The maximum absolute atomic E-state index is 13.8. The van der Waals surface area contributed by atoms with Gasteiger partial charge < -0.3 is 10.6 Å². The first kappa shape index (κ1) is 20.1. The number of pyridine rings is 1. The SMILES string of the molecule is CCc1cccc(C)c1NC(=O)c1cc(C(=O)Nc2c(F)cccc2F)ccn1. The fourth-order valence-corrected chi connectivity index (χ4v) is 2.88. The minimum Gasteiger partial charge on any atom is -0.320 e. The zero-order chi connectivity index (χ0) is 21.0. The van der Waals surface area contributed by atoms with Crippen LogP contribution in [0.3, 0.4) is 0 Å². The van der Waals surface area contributed by atoms with Gasteiger partial charge in [-0.05, 0) is 48.7 Å². The number of carbonyl (C=O) groups is 2. The molecular formula is C22H19F2N3O2. The third kappa shape index (κ3) is 4.45. The fraction of sp³-hybridized carbons (Fsp3) is 0.136. The largest absolute Gasteiger partial charge is 0.320 e. The molecule has 2 aromatic carbocycles. The van der Waals surface area contributed by atoms with Gasteiger partial charge in [0.15, 0.2) is 0 Å². The maximum atomic E-state index is 13.8. The van der Waals surface area contributed by atoms with Gasteiger partial charge in [0.25, 0.3) is 11.8 Å². The van der Waals surface area contributed by atoms with E-state index in [-0.39, 0.29) is 11.3 Å². The van der Waals surface area contributed by atoms with Crippen LogP contribution >= 0.6 is 0 Å². The van der Waals surface area contributed by atoms with E-state index in [0.717, 1.165) is 29.7 Å². The molecule has 0 saturated heterocycles. The van der Waals surface area contributed by atoms with Crippen molar-refractivity contribution in [1.29, 1.82) is 0 Å². The second-order valence-corrected chi connectivity index (χ2v) is 6.40. The number of aryl methyl sites for hydroxylation is 2. The highest BCUT2D eigenvalue weighted by atomic mass is 19.1. The van der Waals surface area contributed by atoms with Crippen molar-refractivity contribution in [2.75, 3.05) is 10.6 Å². The topological polar surface area (TPSA) is 71.1 Å². The first-order valence-corrected chi connectivity index (χ1v) is 9.02. The molecule has 1 heterocycles. The van der Waals surface area contributed by atoms with E-state index >= 15 is 0 Å². The van der Waals surface area contributed by atoms with Crippen molar-refractivity contribution in [3.63, 3.8) is 0 Å². The summed E-state index contributed by atoms with van der Waals surface area (Å²) in [6.07, 6.45) is 2.03. The van der Waals surface area contributed by atoms with Crippen LogP contribution in [0, 0.1) is 18.6 Å². The molecule has 29 heavy (non-hydrogen) atoms. The van der Waals surface area contributed by atoms with Crippen LogP contribution in [-0.4, -0.2) is 16.8 Å². The number of nitrogens with zero attached hydrogens (tertiary/aromatic N) is 1. The number of anilines is 2. The molecule has 0 spiro atoms. The minimum absolute atomic E-state index is 0.0111. The van der Waals surface area contributed by atoms with Crippen LogP contribution in [0.15, 0.2) is 54.7 Å². The monoisotopic (exact) mass is 395 g/mol. The van der Waals surface area contributed by atoms with Crippen LogP contribution in [0.1, 0.15) is 38.9 Å². The Bertz CT molecular complexity index is 1060. The number of rotatable bonds is 5. The molecule has 0 aliphatic rings. The molecule has 7 heteroatoms. The number of hydrogen-bond acceptors (Lipinski definition) is 3. The molecule has 3 rings (SSSR count). The zero-order valence-electron chi connectivity index (χ0n) is 15.9. The highest BCUT2D eigenvalue weighted by Crippen LogP contribution is 2.22. The summed E-state index contributed by atoms with van der Waals surface area (Å²) in [5, 5.41) is 5.02. The molecule has 0 atom stereocenters. The number of aromatic nitrogens is 1. The average molecular weight is 395 g/mol. The Morgan fingerprint density at radius 1 is 0.931 bits per heavy atom. The van der Waals surface area contributed by atoms with Gasteiger partial charge in [-0.15, -0.1) is 0 Å². The van der Waals surface area contributed by atoms with Crippen molar-refractivity contribution in [2.24, 2.45) is 0 Å². The second-order valence-electron chi connectivity index (χ2n) is 6.40. The number of hydrogen-bond donors (Lipinski definition) is 2. The van der Waals surface area contributed by atoms with E-state index in [4.69, 9.17) is 0 Å². The predicted octanol–water partition coefficient (Wildman–Crippen LogP) is 4.74. The van der Waals surface area contributed by atoms with Crippen molar-refractivity contribution in [1.82, 2.24) is 4.98 Å². The quantitative estimate of drug-likeness (QED) is 0.656. The lowest BCUT2D eigenvalue weighted by molar-refractivity contribution is 0.102. The van der Waals surface area contributed by atoms with Crippen LogP contribution in [-0.2, 0) is 6.42 Å². The first-order valence-electron chi connectivity index (χ1n) is 9.02. The summed E-state index contributed by atoms with van der Waals surface area (Å²) in [6, 6.07) is 11.6. The number of benzene rings is 2. The van der Waals surface area contributed by atoms with Gasteiger partial charge in [-0.1, -0.05) is 31.2 Å². The van der Waals surface area contributed by atoms with Crippen molar-refractivity contribution >= 4 is 23.2 Å². The lowest BCUT2D eigenvalue weighted by Gasteiger charge is -2.13. The summed E-state index contributed by atoms with van der Waals surface area (Å²) in [6.45, 7) is 3.87. The molecule has 2 N–H and O–H groups in total. The molecule has 5 nitrogen and oxygen atoms in total. The molecule has 2 amide bonds. The molecule has 0 aliphatic heterocycles. The lowest BCUT2D eigenvalue weighted by Crippen LogP contribution is -2.18. The van der Waals surface area contributed by atoms with E-state index in [1.54, 1.807) is 0 Å². The van der Waals surface area contributed by atoms with Gasteiger partial charge in [-0.25, -0.2) is 8.78 Å². The van der Waals surface area contributed by atoms with Gasteiger partial charge in [0.1, 0.15) is 23.0 Å². The zero-order valence-corrected chi connectivity index (χ0v) is 15.9. The predicted molar refractivity (Wildman–Crippen MR) is 107 cm³/mol. The number of para-hydroxylation sites is 2. The number of carbonyl (C=O) groups excluding carboxylic acids is 2. The summed E-state index contributed by atoms with van der Waals surface area (Å²) in [4.78, 5) is 29.1. The van der Waals surface area contributed by atoms with Crippen molar-refractivity contribution in [3.05, 3.63) is 88.7 Å². The maximum Gasteiger partial charge on any atom is 0.274 e. The summed E-state index contributed by atoms with van der Waals surface area (Å²) >= 11 is 0. The number of nitrogens with one attached hydrogen (secondary N) is 2. The van der Waals surface area contributed by atoms with Gasteiger partial charge in [0, 0.05) is 17.4 Å². The molecule has 1 aromatic heterocycles. The van der Waals surface area contributed by atoms with Crippen molar-refractivity contribution in [2.45, 2.75) is 20.3 Å². The Morgan fingerprint density at radius 3 is 2.28 bits per heavy atom. The van der Waals surface area contributed by atoms with Crippen LogP contribution in [0.4, 0.5) is 20.2 Å². The summed E-state index contributed by atoms with van der Waals surface area (Å²) < 4.78 is 27.5. The molecule has 3 aromatic rings. The normalized spacial score (nSPS) is 10.5. The van der Waals surface area contributed by atoms with Crippen molar-refractivity contribution < 1.29 is 18.4 Å². The average Bonchev–Trinajstić information content (AvgIpc) is 2.72. The smallest absolute Gasteiger partial charge is 0.274 e. The fourth-order valence-electron chi connectivity index (χ4n) is 2.88. The van der Waals surface area contributed by atoms with E-state index in [1.165, 1.54) is 24.4 Å². The second kappa shape index (κ2) is 8.60. The minimum atomic E-state index is -0.892. The van der Waals surface area contributed by atoms with Gasteiger partial charge >= 0.3 is 0 Å². The highest BCUT2D eigenvalue weighted by Gasteiger charge is 2.17. The summed E-state index contributed by atoms with van der Waals surface area (Å²) in [5.74, 6) is -3.02. The standard InChI is InChI=1S/C22H19F2N3O2/c1-3-14-7-4-6-13(2)19(14)26-22(29)18-12-15(10-11-25-18)21(28)27-20-16(23)8-5-9-17(20)24/h4-12H,3H2,1-2H3,(H,26,29)(H,27,28). The Balaban J connectivity index is 1.82. The van der Waals surface area contributed by atoms with Crippen LogP contribution in [0.5, 0.6) is 0 Å². The third-order valence-corrected chi connectivity index (χ3v) is 4.43. The molecule has 148 valence electrons. The van der Waals surface area contributed by atoms with Gasteiger partial charge in [0.2, 0.25) is 0 Å².